The second-order valence-electron chi connectivity index (χ2n) is 9.29. The van der Waals surface area contributed by atoms with Crippen LogP contribution >= 0.6 is 0 Å². The second kappa shape index (κ2) is 10.7. The number of rotatable bonds is 8. The van der Waals surface area contributed by atoms with Gasteiger partial charge in [-0.05, 0) is 68.8 Å². The van der Waals surface area contributed by atoms with Gasteiger partial charge in [0.1, 0.15) is 18.2 Å². The SMILES string of the molecule is CC(C)(C)OC(=O)N(C(=O)OCC1c2ccccc2-c2ccccc21)C(CCCCN)C(=O)O. The predicted molar refractivity (Wildman–Crippen MR) is 127 cm³/mol. The number of aliphatic carboxylic acids is 1. The smallest absolute Gasteiger partial charge is 0.420 e. The van der Waals surface area contributed by atoms with Crippen molar-refractivity contribution >= 4 is 18.2 Å². The Bertz CT molecular complexity index is 1000. The molecule has 0 aliphatic heterocycles. The molecule has 0 spiro atoms. The number of unbranched alkanes of at least 4 members (excludes halogenated alkanes) is 1. The summed E-state index contributed by atoms with van der Waals surface area (Å²) in [6.07, 6.45) is -1.04. The van der Waals surface area contributed by atoms with Gasteiger partial charge in [-0.1, -0.05) is 48.5 Å². The maximum absolute atomic E-state index is 13.1. The number of benzene rings is 2. The predicted octanol–water partition coefficient (Wildman–Crippen LogP) is 4.75. The van der Waals surface area contributed by atoms with Gasteiger partial charge in [-0.25, -0.2) is 14.4 Å². The first-order chi connectivity index (χ1) is 16.1. The van der Waals surface area contributed by atoms with Gasteiger partial charge < -0.3 is 20.3 Å². The van der Waals surface area contributed by atoms with Crippen molar-refractivity contribution in [1.82, 2.24) is 4.90 Å². The molecule has 3 N–H and O–H groups in total. The lowest BCUT2D eigenvalue weighted by Crippen LogP contribution is -2.50. The fraction of sp³-hybridized carbons (Fsp3) is 0.423. The van der Waals surface area contributed by atoms with Crippen LogP contribution in [-0.4, -0.2) is 53.0 Å². The lowest BCUT2D eigenvalue weighted by atomic mass is 9.98. The fourth-order valence-corrected chi connectivity index (χ4v) is 4.15. The average molecular weight is 469 g/mol. The molecule has 2 aromatic rings. The van der Waals surface area contributed by atoms with Gasteiger partial charge in [0.05, 0.1) is 0 Å². The zero-order valence-corrected chi connectivity index (χ0v) is 19.8. The van der Waals surface area contributed by atoms with Crippen molar-refractivity contribution < 1.29 is 29.0 Å². The summed E-state index contributed by atoms with van der Waals surface area (Å²) in [6.45, 7) is 5.27. The van der Waals surface area contributed by atoms with Crippen molar-refractivity contribution in [2.24, 2.45) is 5.73 Å². The summed E-state index contributed by atoms with van der Waals surface area (Å²) in [4.78, 5) is 38.6. The quantitative estimate of drug-likeness (QED) is 0.536. The minimum atomic E-state index is -1.42. The maximum atomic E-state index is 13.1. The maximum Gasteiger partial charge on any atom is 0.420 e. The van der Waals surface area contributed by atoms with E-state index in [0.29, 0.717) is 24.3 Å². The summed E-state index contributed by atoms with van der Waals surface area (Å²) < 4.78 is 10.9. The van der Waals surface area contributed by atoms with Crippen LogP contribution in [-0.2, 0) is 14.3 Å². The topological polar surface area (TPSA) is 119 Å². The van der Waals surface area contributed by atoms with Gasteiger partial charge in [0.15, 0.2) is 0 Å². The van der Waals surface area contributed by atoms with E-state index in [1.54, 1.807) is 20.8 Å². The normalized spacial score (nSPS) is 13.5. The Hall–Kier alpha value is -3.39. The third kappa shape index (κ3) is 5.75. The first-order valence-electron chi connectivity index (χ1n) is 11.4. The van der Waals surface area contributed by atoms with E-state index in [2.05, 4.69) is 0 Å². The third-order valence-corrected chi connectivity index (χ3v) is 5.65. The zero-order valence-electron chi connectivity index (χ0n) is 19.8. The molecule has 0 fully saturated rings. The number of nitrogens with two attached hydrogens (primary N) is 1. The lowest BCUT2D eigenvalue weighted by Gasteiger charge is -2.29. The van der Waals surface area contributed by atoms with Gasteiger partial charge in [0, 0.05) is 5.92 Å². The van der Waals surface area contributed by atoms with Crippen LogP contribution in [0.25, 0.3) is 11.1 Å². The van der Waals surface area contributed by atoms with E-state index >= 15 is 0 Å². The highest BCUT2D eigenvalue weighted by molar-refractivity contribution is 5.93. The lowest BCUT2D eigenvalue weighted by molar-refractivity contribution is -0.143. The van der Waals surface area contributed by atoms with E-state index in [-0.39, 0.29) is 18.9 Å². The van der Waals surface area contributed by atoms with Crippen molar-refractivity contribution in [2.45, 2.75) is 57.6 Å². The van der Waals surface area contributed by atoms with Crippen molar-refractivity contribution in [3.8, 4) is 11.1 Å². The second-order valence-corrected chi connectivity index (χ2v) is 9.29. The molecule has 1 aliphatic carbocycles. The van der Waals surface area contributed by atoms with Crippen molar-refractivity contribution in [3.63, 3.8) is 0 Å². The molecular formula is C26H32N2O6. The molecular weight excluding hydrogens is 436 g/mol. The number of carboxylic acid groups (broad SMARTS) is 1. The average Bonchev–Trinajstić information content (AvgIpc) is 3.09. The first-order valence-corrected chi connectivity index (χ1v) is 11.4. The summed E-state index contributed by atoms with van der Waals surface area (Å²) in [7, 11) is 0. The molecule has 0 aromatic heterocycles. The Kier molecular flexibility index (Phi) is 7.94. The van der Waals surface area contributed by atoms with Crippen LogP contribution in [0, 0.1) is 0 Å². The Morgan fingerprint density at radius 1 is 0.971 bits per heavy atom. The van der Waals surface area contributed by atoms with Gasteiger partial charge in [0.25, 0.3) is 0 Å². The van der Waals surface area contributed by atoms with Crippen molar-refractivity contribution in [3.05, 3.63) is 59.7 Å². The minimum Gasteiger partial charge on any atom is -0.480 e. The molecule has 3 rings (SSSR count). The number of amides is 2. The van der Waals surface area contributed by atoms with Gasteiger partial charge in [0.2, 0.25) is 0 Å². The van der Waals surface area contributed by atoms with Gasteiger partial charge in [-0.15, -0.1) is 0 Å². The van der Waals surface area contributed by atoms with Crippen LogP contribution in [0.5, 0.6) is 0 Å². The molecule has 1 atom stereocenters. The number of carbonyl (C=O) groups excluding carboxylic acids is 2. The molecule has 0 saturated heterocycles. The van der Waals surface area contributed by atoms with Crippen LogP contribution < -0.4 is 5.73 Å². The Morgan fingerprint density at radius 3 is 2.03 bits per heavy atom. The van der Waals surface area contributed by atoms with Gasteiger partial charge in [-0.2, -0.15) is 4.90 Å². The van der Waals surface area contributed by atoms with Crippen LogP contribution in [0.2, 0.25) is 0 Å². The zero-order chi connectivity index (χ0) is 24.9. The number of hydrogen-bond donors (Lipinski definition) is 2. The van der Waals surface area contributed by atoms with Crippen LogP contribution in [0.4, 0.5) is 9.59 Å². The summed E-state index contributed by atoms with van der Waals surface area (Å²) in [6, 6.07) is 14.3. The molecule has 0 bridgehead atoms. The summed E-state index contributed by atoms with van der Waals surface area (Å²) >= 11 is 0. The number of fused-ring (bicyclic) bond motifs is 3. The van der Waals surface area contributed by atoms with E-state index in [9.17, 15) is 19.5 Å². The van der Waals surface area contributed by atoms with Crippen LogP contribution in [0.15, 0.2) is 48.5 Å². The highest BCUT2D eigenvalue weighted by atomic mass is 16.6. The Balaban J connectivity index is 1.84. The monoisotopic (exact) mass is 468 g/mol. The summed E-state index contributed by atoms with van der Waals surface area (Å²) in [5.41, 5.74) is 8.75. The number of imide groups is 1. The Labute approximate surface area is 199 Å². The van der Waals surface area contributed by atoms with E-state index in [0.717, 1.165) is 22.3 Å². The fourth-order valence-electron chi connectivity index (χ4n) is 4.15. The highest BCUT2D eigenvalue weighted by Crippen LogP contribution is 2.44. The molecule has 0 heterocycles. The minimum absolute atomic E-state index is 0.0404. The molecule has 0 radical (unpaired) electrons. The van der Waals surface area contributed by atoms with Crippen LogP contribution in [0.1, 0.15) is 57.1 Å². The van der Waals surface area contributed by atoms with Gasteiger partial charge >= 0.3 is 18.2 Å². The van der Waals surface area contributed by atoms with Crippen LogP contribution in [0.3, 0.4) is 0 Å². The van der Waals surface area contributed by atoms with E-state index in [1.807, 2.05) is 48.5 Å². The van der Waals surface area contributed by atoms with Gasteiger partial charge in [-0.3, -0.25) is 0 Å². The number of nitrogens with zero attached hydrogens (tertiary/aromatic N) is 1. The van der Waals surface area contributed by atoms with Crippen molar-refractivity contribution in [1.29, 1.82) is 0 Å². The Morgan fingerprint density at radius 2 is 1.53 bits per heavy atom. The number of hydrogen-bond acceptors (Lipinski definition) is 6. The standard InChI is InChI=1S/C26H32N2O6/c1-26(2,3)34-25(32)28(22(23(29)30)14-8-9-15-27)24(31)33-16-21-19-12-6-4-10-17(19)18-11-5-7-13-20(18)21/h4-7,10-13,21-22H,8-9,14-16,27H2,1-3H3,(H,29,30). The molecule has 8 nitrogen and oxygen atoms in total. The first kappa shape index (κ1) is 25.2. The molecule has 1 aliphatic rings. The molecule has 8 heteroatoms. The summed E-state index contributed by atoms with van der Waals surface area (Å²) in [5, 5.41) is 9.79. The molecule has 1 unspecified atom stereocenters. The number of carbonyl (C=O) groups is 3. The van der Waals surface area contributed by atoms with Crippen molar-refractivity contribution in [2.75, 3.05) is 13.2 Å². The molecule has 0 saturated carbocycles. The number of carboxylic acids is 1. The molecule has 182 valence electrons. The largest absolute Gasteiger partial charge is 0.480 e. The molecule has 2 amide bonds. The summed E-state index contributed by atoms with van der Waals surface area (Å²) in [5.74, 6) is -1.53. The molecule has 34 heavy (non-hydrogen) atoms. The van der Waals surface area contributed by atoms with E-state index in [4.69, 9.17) is 15.2 Å². The molecule has 2 aromatic carbocycles. The number of ether oxygens (including phenoxy) is 2. The van der Waals surface area contributed by atoms with E-state index in [1.165, 1.54) is 0 Å². The third-order valence-electron chi connectivity index (χ3n) is 5.65. The highest BCUT2D eigenvalue weighted by Gasteiger charge is 2.39. The van der Waals surface area contributed by atoms with E-state index < -0.39 is 29.8 Å².